The van der Waals surface area contributed by atoms with Gasteiger partial charge in [0.05, 0.1) is 0 Å². The molecule has 0 fully saturated rings. The summed E-state index contributed by atoms with van der Waals surface area (Å²) in [7, 11) is 0. The van der Waals surface area contributed by atoms with Crippen molar-refractivity contribution in [1.82, 2.24) is 0 Å². The summed E-state index contributed by atoms with van der Waals surface area (Å²) < 4.78 is 0. The Balaban J connectivity index is 3.22. The van der Waals surface area contributed by atoms with Crippen molar-refractivity contribution >= 4 is 5.97 Å². The van der Waals surface area contributed by atoms with Crippen molar-refractivity contribution in [2.45, 2.75) is 70.8 Å². The largest absolute Gasteiger partial charge is 0.479 e. The maximum absolute atomic E-state index is 10.5. The van der Waals surface area contributed by atoms with Gasteiger partial charge in [0.2, 0.25) is 0 Å². The lowest BCUT2D eigenvalue weighted by molar-refractivity contribution is -0.277. The van der Waals surface area contributed by atoms with Crippen LogP contribution in [0.15, 0.2) is 0 Å². The van der Waals surface area contributed by atoms with Gasteiger partial charge in [0.25, 0.3) is 0 Å². The fraction of sp³-hybridized carbons (Fsp3) is 0.917. The van der Waals surface area contributed by atoms with Gasteiger partial charge in [-0.1, -0.05) is 58.3 Å². The van der Waals surface area contributed by atoms with Crippen LogP contribution in [0.3, 0.4) is 0 Å². The van der Waals surface area contributed by atoms with Crippen molar-refractivity contribution in [1.29, 1.82) is 0 Å². The van der Waals surface area contributed by atoms with Gasteiger partial charge in [-0.25, -0.2) is 9.68 Å². The first-order chi connectivity index (χ1) is 7.72. The Bertz CT molecular complexity index is 170. The Morgan fingerprint density at radius 2 is 1.56 bits per heavy atom. The molecule has 0 heterocycles. The predicted molar refractivity (Wildman–Crippen MR) is 62.4 cm³/mol. The Morgan fingerprint density at radius 1 is 1.06 bits per heavy atom. The normalized spacial score (nSPS) is 12.6. The van der Waals surface area contributed by atoms with Crippen molar-refractivity contribution in [3.63, 3.8) is 0 Å². The molecule has 96 valence electrons. The quantitative estimate of drug-likeness (QED) is 0.325. The standard InChI is InChI=1S/C12H24O4/c1-2-3-4-5-6-7-8-9-10-11(16-15)12(13)14/h11,15H,2-10H2,1H3,(H,13,14). The van der Waals surface area contributed by atoms with Crippen LogP contribution in [-0.4, -0.2) is 22.4 Å². The number of carbonyl (C=O) groups is 1. The second-order valence-electron chi connectivity index (χ2n) is 4.20. The molecule has 0 bridgehead atoms. The third-order valence-electron chi connectivity index (χ3n) is 2.72. The van der Waals surface area contributed by atoms with Crippen molar-refractivity contribution in [2.75, 3.05) is 0 Å². The van der Waals surface area contributed by atoms with Crippen LogP contribution in [0.2, 0.25) is 0 Å². The zero-order chi connectivity index (χ0) is 12.2. The molecule has 0 aliphatic rings. The van der Waals surface area contributed by atoms with Gasteiger partial charge in [-0.15, -0.1) is 0 Å². The van der Waals surface area contributed by atoms with E-state index < -0.39 is 12.1 Å². The Kier molecular flexibility index (Phi) is 10.5. The fourth-order valence-corrected chi connectivity index (χ4v) is 1.68. The highest BCUT2D eigenvalue weighted by Gasteiger charge is 2.16. The van der Waals surface area contributed by atoms with Crippen LogP contribution >= 0.6 is 0 Å². The Morgan fingerprint density at radius 3 is 2.00 bits per heavy atom. The number of carboxylic acids is 1. The average molecular weight is 232 g/mol. The molecule has 0 amide bonds. The van der Waals surface area contributed by atoms with E-state index in [-0.39, 0.29) is 0 Å². The molecule has 4 heteroatoms. The lowest BCUT2D eigenvalue weighted by atomic mass is 10.1. The van der Waals surface area contributed by atoms with E-state index in [1.807, 2.05) is 0 Å². The molecule has 0 saturated carbocycles. The van der Waals surface area contributed by atoms with Crippen LogP contribution in [0.25, 0.3) is 0 Å². The third-order valence-corrected chi connectivity index (χ3v) is 2.72. The number of hydrogen-bond donors (Lipinski definition) is 2. The summed E-state index contributed by atoms with van der Waals surface area (Å²) in [5.41, 5.74) is 0. The van der Waals surface area contributed by atoms with Crippen LogP contribution in [0.4, 0.5) is 0 Å². The summed E-state index contributed by atoms with van der Waals surface area (Å²) in [4.78, 5) is 14.4. The molecule has 0 aliphatic carbocycles. The lowest BCUT2D eigenvalue weighted by Gasteiger charge is -2.07. The van der Waals surface area contributed by atoms with Crippen molar-refractivity contribution in [2.24, 2.45) is 0 Å². The van der Waals surface area contributed by atoms with Gasteiger partial charge in [-0.3, -0.25) is 5.26 Å². The second kappa shape index (κ2) is 10.9. The Hall–Kier alpha value is -0.610. The van der Waals surface area contributed by atoms with E-state index in [2.05, 4.69) is 11.8 Å². The van der Waals surface area contributed by atoms with Crippen LogP contribution in [-0.2, 0) is 9.68 Å². The van der Waals surface area contributed by atoms with Gasteiger partial charge in [0.15, 0.2) is 6.10 Å². The van der Waals surface area contributed by atoms with Gasteiger partial charge in [0, 0.05) is 0 Å². The highest BCUT2D eigenvalue weighted by molar-refractivity contribution is 5.72. The minimum atomic E-state index is -1.09. The minimum Gasteiger partial charge on any atom is -0.479 e. The van der Waals surface area contributed by atoms with Crippen molar-refractivity contribution in [3.8, 4) is 0 Å². The molecule has 1 atom stereocenters. The topological polar surface area (TPSA) is 66.8 Å². The molecule has 0 rings (SSSR count). The van der Waals surface area contributed by atoms with Crippen LogP contribution < -0.4 is 0 Å². The first kappa shape index (κ1) is 15.4. The summed E-state index contributed by atoms with van der Waals surface area (Å²) in [6, 6.07) is 0. The first-order valence-electron chi connectivity index (χ1n) is 6.25. The van der Waals surface area contributed by atoms with Crippen molar-refractivity contribution in [3.05, 3.63) is 0 Å². The lowest BCUT2D eigenvalue weighted by Crippen LogP contribution is -2.22. The van der Waals surface area contributed by atoms with Crippen molar-refractivity contribution < 1.29 is 20.0 Å². The number of hydrogen-bond acceptors (Lipinski definition) is 3. The first-order valence-corrected chi connectivity index (χ1v) is 6.25. The molecular weight excluding hydrogens is 208 g/mol. The minimum absolute atomic E-state index is 0.390. The summed E-state index contributed by atoms with van der Waals surface area (Å²) in [5.74, 6) is -1.09. The van der Waals surface area contributed by atoms with Crippen LogP contribution in [0, 0.1) is 0 Å². The highest BCUT2D eigenvalue weighted by Crippen LogP contribution is 2.11. The van der Waals surface area contributed by atoms with Gasteiger partial charge in [0.1, 0.15) is 0 Å². The van der Waals surface area contributed by atoms with E-state index in [4.69, 9.17) is 10.4 Å². The third kappa shape index (κ3) is 8.68. The van der Waals surface area contributed by atoms with E-state index in [0.29, 0.717) is 6.42 Å². The molecule has 0 aliphatic heterocycles. The molecule has 4 nitrogen and oxygen atoms in total. The van der Waals surface area contributed by atoms with Gasteiger partial charge >= 0.3 is 5.97 Å². The number of carboxylic acid groups (broad SMARTS) is 1. The summed E-state index contributed by atoms with van der Waals surface area (Å²) >= 11 is 0. The highest BCUT2D eigenvalue weighted by atomic mass is 17.1. The maximum atomic E-state index is 10.5. The summed E-state index contributed by atoms with van der Waals surface area (Å²) in [5, 5.41) is 16.9. The van der Waals surface area contributed by atoms with E-state index in [0.717, 1.165) is 19.3 Å². The maximum Gasteiger partial charge on any atom is 0.336 e. The average Bonchev–Trinajstić information content (AvgIpc) is 2.26. The molecule has 1 unspecified atom stereocenters. The predicted octanol–water partition coefficient (Wildman–Crippen LogP) is 3.46. The fourth-order valence-electron chi connectivity index (χ4n) is 1.68. The van der Waals surface area contributed by atoms with Crippen LogP contribution in [0.1, 0.15) is 64.7 Å². The summed E-state index contributed by atoms with van der Waals surface area (Å²) in [6.45, 7) is 2.20. The molecule has 16 heavy (non-hydrogen) atoms. The SMILES string of the molecule is CCCCCCCCCCC(OO)C(=O)O. The molecule has 2 N–H and O–H groups in total. The van der Waals surface area contributed by atoms with E-state index >= 15 is 0 Å². The molecule has 0 spiro atoms. The van der Waals surface area contributed by atoms with Crippen LogP contribution in [0.5, 0.6) is 0 Å². The smallest absolute Gasteiger partial charge is 0.336 e. The summed E-state index contributed by atoms with van der Waals surface area (Å²) in [6.07, 6.45) is 8.64. The molecule has 0 aromatic rings. The molecule has 0 aromatic carbocycles. The molecule has 0 aromatic heterocycles. The van der Waals surface area contributed by atoms with E-state index in [1.165, 1.54) is 32.1 Å². The molecular formula is C12H24O4. The van der Waals surface area contributed by atoms with Gasteiger partial charge < -0.3 is 5.11 Å². The van der Waals surface area contributed by atoms with Gasteiger partial charge in [-0.2, -0.15) is 0 Å². The monoisotopic (exact) mass is 232 g/mol. The molecule has 0 saturated heterocycles. The van der Waals surface area contributed by atoms with E-state index in [1.54, 1.807) is 0 Å². The van der Waals surface area contributed by atoms with E-state index in [9.17, 15) is 4.79 Å². The zero-order valence-corrected chi connectivity index (χ0v) is 10.2. The number of rotatable bonds is 11. The number of unbranched alkanes of at least 4 members (excludes halogenated alkanes) is 7. The number of aliphatic carboxylic acids is 1. The molecule has 0 radical (unpaired) electrons. The zero-order valence-electron chi connectivity index (χ0n) is 10.2. The Labute approximate surface area is 97.5 Å². The second-order valence-corrected chi connectivity index (χ2v) is 4.20. The van der Waals surface area contributed by atoms with Gasteiger partial charge in [-0.05, 0) is 6.42 Å².